The molecule has 21 heavy (non-hydrogen) atoms. The number of nitrogens with zero attached hydrogens (tertiary/aromatic N) is 1. The molecule has 0 spiro atoms. The minimum Gasteiger partial charge on any atom is -0.390 e. The monoisotopic (exact) mass is 296 g/mol. The van der Waals surface area contributed by atoms with Crippen molar-refractivity contribution in [2.24, 2.45) is 17.3 Å². The van der Waals surface area contributed by atoms with Gasteiger partial charge in [-0.2, -0.15) is 0 Å². The zero-order valence-electron chi connectivity index (χ0n) is 14.6. The molecule has 2 fully saturated rings. The number of hydrogen-bond donors (Lipinski definition) is 2. The summed E-state index contributed by atoms with van der Waals surface area (Å²) in [6.45, 7) is 14.7. The van der Waals surface area contributed by atoms with Crippen LogP contribution in [0.1, 0.15) is 59.8 Å². The Morgan fingerprint density at radius 2 is 2.05 bits per heavy atom. The summed E-state index contributed by atoms with van der Waals surface area (Å²) < 4.78 is 0. The average molecular weight is 296 g/mol. The first-order chi connectivity index (χ1) is 9.81. The Balaban J connectivity index is 1.80. The van der Waals surface area contributed by atoms with Gasteiger partial charge in [0.25, 0.3) is 0 Å². The van der Waals surface area contributed by atoms with E-state index in [0.29, 0.717) is 17.3 Å². The van der Waals surface area contributed by atoms with Gasteiger partial charge < -0.3 is 15.3 Å². The van der Waals surface area contributed by atoms with E-state index < -0.39 is 0 Å². The molecule has 1 saturated carbocycles. The van der Waals surface area contributed by atoms with E-state index in [1.807, 2.05) is 0 Å². The molecule has 1 aliphatic carbocycles. The van der Waals surface area contributed by atoms with Crippen LogP contribution in [0.5, 0.6) is 0 Å². The molecule has 0 bridgehead atoms. The number of piperidine rings is 1. The van der Waals surface area contributed by atoms with Crippen LogP contribution in [0.4, 0.5) is 0 Å². The van der Waals surface area contributed by atoms with Crippen molar-refractivity contribution in [3.05, 3.63) is 0 Å². The van der Waals surface area contributed by atoms with Gasteiger partial charge >= 0.3 is 0 Å². The summed E-state index contributed by atoms with van der Waals surface area (Å²) in [6, 6.07) is 0. The average Bonchev–Trinajstić information content (AvgIpc) is 2.38. The molecule has 1 heterocycles. The second kappa shape index (κ2) is 6.97. The van der Waals surface area contributed by atoms with Crippen LogP contribution < -0.4 is 5.32 Å². The van der Waals surface area contributed by atoms with Crippen LogP contribution in [0, 0.1) is 17.3 Å². The van der Waals surface area contributed by atoms with Crippen molar-refractivity contribution in [1.29, 1.82) is 0 Å². The Morgan fingerprint density at radius 3 is 2.76 bits per heavy atom. The van der Waals surface area contributed by atoms with Crippen molar-refractivity contribution >= 4 is 0 Å². The van der Waals surface area contributed by atoms with E-state index in [4.69, 9.17) is 0 Å². The maximum atomic E-state index is 10.8. The van der Waals surface area contributed by atoms with Crippen LogP contribution in [0.3, 0.4) is 0 Å². The summed E-state index contributed by atoms with van der Waals surface area (Å²) in [6.07, 6.45) is 5.76. The lowest BCUT2D eigenvalue weighted by atomic mass is 9.71. The summed E-state index contributed by atoms with van der Waals surface area (Å²) in [5, 5.41) is 14.4. The normalized spacial score (nSPS) is 31.4. The second-order valence-electron chi connectivity index (χ2n) is 8.72. The summed E-state index contributed by atoms with van der Waals surface area (Å²) in [7, 11) is 0. The van der Waals surface area contributed by atoms with E-state index in [9.17, 15) is 5.11 Å². The van der Waals surface area contributed by atoms with Crippen LogP contribution >= 0.6 is 0 Å². The number of rotatable bonds is 6. The summed E-state index contributed by atoms with van der Waals surface area (Å²) in [5.41, 5.74) is -0.0339. The number of likely N-dealkylation sites (tertiary alicyclic amines) is 1. The third-order valence-electron chi connectivity index (χ3n) is 5.32. The summed E-state index contributed by atoms with van der Waals surface area (Å²) in [5.74, 6) is 1.23. The lowest BCUT2D eigenvalue weighted by Gasteiger charge is -2.49. The largest absolute Gasteiger partial charge is 0.390 e. The van der Waals surface area contributed by atoms with Crippen molar-refractivity contribution in [1.82, 2.24) is 10.2 Å². The van der Waals surface area contributed by atoms with Crippen molar-refractivity contribution in [2.75, 3.05) is 32.7 Å². The summed E-state index contributed by atoms with van der Waals surface area (Å²) >= 11 is 0. The molecule has 0 aromatic carbocycles. The SMILES string of the molecule is CC(C)CNCC(C)(C)CN1CCC2(O)CCCCC2C1. The lowest BCUT2D eigenvalue weighted by Crippen LogP contribution is -2.55. The Labute approximate surface area is 131 Å². The minimum atomic E-state index is -0.339. The fourth-order valence-corrected chi connectivity index (χ4v) is 4.14. The van der Waals surface area contributed by atoms with Gasteiger partial charge in [-0.05, 0) is 37.1 Å². The smallest absolute Gasteiger partial charge is 0.0700 e. The standard InChI is InChI=1S/C18H36N2O/c1-15(2)11-19-13-17(3,4)14-20-10-9-18(21)8-6-5-7-16(18)12-20/h15-16,19,21H,5-14H2,1-4H3. The Bertz CT molecular complexity index is 329. The fourth-order valence-electron chi connectivity index (χ4n) is 4.14. The number of hydrogen-bond acceptors (Lipinski definition) is 3. The van der Waals surface area contributed by atoms with E-state index in [1.165, 1.54) is 19.3 Å². The molecular weight excluding hydrogens is 260 g/mol. The molecule has 1 aliphatic heterocycles. The van der Waals surface area contributed by atoms with Gasteiger partial charge in [0.2, 0.25) is 0 Å². The van der Waals surface area contributed by atoms with Crippen molar-refractivity contribution in [2.45, 2.75) is 65.4 Å². The van der Waals surface area contributed by atoms with Gasteiger partial charge in [0.05, 0.1) is 5.60 Å². The van der Waals surface area contributed by atoms with E-state index in [2.05, 4.69) is 37.9 Å². The molecule has 0 amide bonds. The molecule has 2 N–H and O–H groups in total. The van der Waals surface area contributed by atoms with E-state index >= 15 is 0 Å². The Hall–Kier alpha value is -0.120. The summed E-state index contributed by atoms with van der Waals surface area (Å²) in [4.78, 5) is 2.60. The maximum Gasteiger partial charge on any atom is 0.0700 e. The lowest BCUT2D eigenvalue weighted by molar-refractivity contribution is -0.0995. The molecular formula is C18H36N2O. The first kappa shape index (κ1) is 17.2. The fraction of sp³-hybridized carbons (Fsp3) is 1.00. The zero-order chi connectivity index (χ0) is 15.5. The van der Waals surface area contributed by atoms with Gasteiger partial charge in [-0.15, -0.1) is 0 Å². The highest BCUT2D eigenvalue weighted by Crippen LogP contribution is 2.40. The minimum absolute atomic E-state index is 0.305. The molecule has 2 rings (SSSR count). The van der Waals surface area contributed by atoms with Crippen molar-refractivity contribution in [3.8, 4) is 0 Å². The molecule has 3 nitrogen and oxygen atoms in total. The van der Waals surface area contributed by atoms with E-state index in [-0.39, 0.29) is 5.60 Å². The molecule has 0 aromatic heterocycles. The number of aliphatic hydroxyl groups is 1. The van der Waals surface area contributed by atoms with Crippen molar-refractivity contribution in [3.63, 3.8) is 0 Å². The van der Waals surface area contributed by atoms with E-state index in [1.54, 1.807) is 0 Å². The highest BCUT2D eigenvalue weighted by molar-refractivity contribution is 4.96. The van der Waals surface area contributed by atoms with Gasteiger partial charge in [0.1, 0.15) is 0 Å². The van der Waals surface area contributed by atoms with Crippen LogP contribution in [-0.4, -0.2) is 48.3 Å². The zero-order valence-corrected chi connectivity index (χ0v) is 14.6. The predicted molar refractivity (Wildman–Crippen MR) is 89.5 cm³/mol. The highest BCUT2D eigenvalue weighted by atomic mass is 16.3. The van der Waals surface area contributed by atoms with Gasteiger partial charge in [0.15, 0.2) is 0 Å². The molecule has 2 atom stereocenters. The molecule has 2 unspecified atom stereocenters. The topological polar surface area (TPSA) is 35.5 Å². The van der Waals surface area contributed by atoms with Gasteiger partial charge in [-0.25, -0.2) is 0 Å². The second-order valence-corrected chi connectivity index (χ2v) is 8.72. The predicted octanol–water partition coefficient (Wildman–Crippen LogP) is 2.89. The molecule has 3 heteroatoms. The quantitative estimate of drug-likeness (QED) is 0.791. The van der Waals surface area contributed by atoms with E-state index in [0.717, 1.165) is 45.6 Å². The van der Waals surface area contributed by atoms with Crippen molar-refractivity contribution < 1.29 is 5.11 Å². The first-order valence-electron chi connectivity index (χ1n) is 8.96. The first-order valence-corrected chi connectivity index (χ1v) is 8.96. The van der Waals surface area contributed by atoms with Gasteiger partial charge in [-0.1, -0.05) is 40.5 Å². The third-order valence-corrected chi connectivity index (χ3v) is 5.32. The van der Waals surface area contributed by atoms with Crippen LogP contribution in [-0.2, 0) is 0 Å². The number of fused-ring (bicyclic) bond motifs is 1. The van der Waals surface area contributed by atoms with Gasteiger partial charge in [-0.3, -0.25) is 0 Å². The molecule has 124 valence electrons. The third kappa shape index (κ3) is 4.94. The number of nitrogens with one attached hydrogen (secondary N) is 1. The molecule has 0 radical (unpaired) electrons. The van der Waals surface area contributed by atoms with Crippen LogP contribution in [0.25, 0.3) is 0 Å². The van der Waals surface area contributed by atoms with Crippen LogP contribution in [0.15, 0.2) is 0 Å². The molecule has 1 saturated heterocycles. The Morgan fingerprint density at radius 1 is 1.29 bits per heavy atom. The van der Waals surface area contributed by atoms with Gasteiger partial charge in [0, 0.05) is 32.1 Å². The molecule has 0 aromatic rings. The van der Waals surface area contributed by atoms with Crippen LogP contribution in [0.2, 0.25) is 0 Å². The molecule has 2 aliphatic rings. The maximum absolute atomic E-state index is 10.8. The highest BCUT2D eigenvalue weighted by Gasteiger charge is 2.43. The Kier molecular flexibility index (Phi) is 5.72.